The molecule has 0 aliphatic carbocycles. The average Bonchev–Trinajstić information content (AvgIpc) is 2.46. The molecule has 7 nitrogen and oxygen atoms in total. The lowest BCUT2D eigenvalue weighted by atomic mass is 10.1. The van der Waals surface area contributed by atoms with Gasteiger partial charge >= 0.3 is 0 Å². The Morgan fingerprint density at radius 1 is 1.30 bits per heavy atom. The largest absolute Gasteiger partial charge is 0.493 e. The molecule has 20 heavy (non-hydrogen) atoms. The zero-order valence-electron chi connectivity index (χ0n) is 12.0. The van der Waals surface area contributed by atoms with Gasteiger partial charge in [0.15, 0.2) is 11.5 Å². The minimum Gasteiger partial charge on any atom is -0.493 e. The highest BCUT2D eigenvalue weighted by molar-refractivity contribution is 7.87. The first-order chi connectivity index (χ1) is 9.35. The number of aliphatic hydroxyl groups excluding tert-OH is 1. The molecule has 1 atom stereocenters. The second kappa shape index (κ2) is 6.89. The van der Waals surface area contributed by atoms with Crippen LogP contribution in [0.5, 0.6) is 11.5 Å². The third kappa shape index (κ3) is 3.83. The van der Waals surface area contributed by atoms with E-state index in [9.17, 15) is 13.5 Å². The van der Waals surface area contributed by atoms with E-state index in [1.807, 2.05) is 0 Å². The van der Waals surface area contributed by atoms with Gasteiger partial charge in [0.05, 0.1) is 20.3 Å². The Kier molecular flexibility index (Phi) is 5.75. The summed E-state index contributed by atoms with van der Waals surface area (Å²) in [4.78, 5) is 0. The molecule has 0 aromatic heterocycles. The van der Waals surface area contributed by atoms with E-state index in [2.05, 4.69) is 4.72 Å². The lowest BCUT2D eigenvalue weighted by Crippen LogP contribution is -2.38. The highest BCUT2D eigenvalue weighted by Gasteiger charge is 2.20. The van der Waals surface area contributed by atoms with Crippen molar-refractivity contribution in [3.63, 3.8) is 0 Å². The summed E-state index contributed by atoms with van der Waals surface area (Å²) in [7, 11) is 2.14. The number of likely N-dealkylation sites (N-methyl/N-ethyl adjacent to an activating group) is 1. The van der Waals surface area contributed by atoms with Crippen LogP contribution < -0.4 is 14.2 Å². The maximum Gasteiger partial charge on any atom is 0.279 e. The quantitative estimate of drug-likeness (QED) is 0.748. The topological polar surface area (TPSA) is 88.1 Å². The Bertz CT molecular complexity index is 547. The number of nitrogens with zero attached hydrogens (tertiary/aromatic N) is 1. The van der Waals surface area contributed by atoms with Gasteiger partial charge in [-0.05, 0) is 17.7 Å². The van der Waals surface area contributed by atoms with E-state index in [4.69, 9.17) is 9.47 Å². The average molecular weight is 304 g/mol. The fraction of sp³-hybridized carbons (Fsp3) is 0.500. The summed E-state index contributed by atoms with van der Waals surface area (Å²) in [5.41, 5.74) is 0.542. The summed E-state index contributed by atoms with van der Waals surface area (Å²) < 4.78 is 36.6. The van der Waals surface area contributed by atoms with E-state index in [1.54, 1.807) is 18.2 Å². The molecule has 0 spiro atoms. The summed E-state index contributed by atoms with van der Waals surface area (Å²) in [5, 5.41) is 10.1. The first-order valence-electron chi connectivity index (χ1n) is 5.90. The minimum atomic E-state index is -3.56. The highest BCUT2D eigenvalue weighted by Crippen LogP contribution is 2.30. The van der Waals surface area contributed by atoms with Crippen molar-refractivity contribution in [1.29, 1.82) is 0 Å². The number of rotatable bonds is 7. The van der Waals surface area contributed by atoms with Gasteiger partial charge < -0.3 is 14.6 Å². The molecule has 8 heteroatoms. The summed E-state index contributed by atoms with van der Waals surface area (Å²) in [6, 6.07) is 4.93. The molecule has 0 heterocycles. The fourth-order valence-electron chi connectivity index (χ4n) is 1.66. The van der Waals surface area contributed by atoms with Crippen LogP contribution in [0.25, 0.3) is 0 Å². The number of benzene rings is 1. The summed E-state index contributed by atoms with van der Waals surface area (Å²) in [6.45, 7) is -0.0708. The Balaban J connectivity index is 2.90. The zero-order valence-corrected chi connectivity index (χ0v) is 12.8. The molecule has 1 aromatic rings. The number of aliphatic hydroxyl groups is 1. The van der Waals surface area contributed by atoms with E-state index in [0.717, 1.165) is 4.31 Å². The van der Waals surface area contributed by atoms with Crippen molar-refractivity contribution in [3.8, 4) is 11.5 Å². The molecule has 0 amide bonds. The first-order valence-corrected chi connectivity index (χ1v) is 7.34. The van der Waals surface area contributed by atoms with Crippen molar-refractivity contribution < 1.29 is 23.0 Å². The van der Waals surface area contributed by atoms with Crippen molar-refractivity contribution >= 4 is 10.2 Å². The molecule has 0 saturated carbocycles. The third-order valence-electron chi connectivity index (χ3n) is 2.89. The Morgan fingerprint density at radius 3 is 2.40 bits per heavy atom. The standard InChI is InChI=1S/C12H20N2O5S/c1-13-20(16,17)14(2)8-10(15)9-5-6-11(18-3)12(7-9)19-4/h5-7,10,13,15H,8H2,1-4H3. The minimum absolute atomic E-state index is 0.0708. The molecule has 1 aromatic carbocycles. The van der Waals surface area contributed by atoms with Gasteiger partial charge in [0.25, 0.3) is 10.2 Å². The number of hydrogen-bond acceptors (Lipinski definition) is 5. The van der Waals surface area contributed by atoms with Crippen molar-refractivity contribution in [3.05, 3.63) is 23.8 Å². The van der Waals surface area contributed by atoms with Crippen molar-refractivity contribution in [2.75, 3.05) is 34.9 Å². The molecule has 114 valence electrons. The number of methoxy groups -OCH3 is 2. The van der Waals surface area contributed by atoms with Crippen LogP contribution in [0.1, 0.15) is 11.7 Å². The van der Waals surface area contributed by atoms with E-state index in [-0.39, 0.29) is 6.54 Å². The predicted molar refractivity (Wildman–Crippen MR) is 75.1 cm³/mol. The van der Waals surface area contributed by atoms with Crippen LogP contribution in [0.3, 0.4) is 0 Å². The number of nitrogens with one attached hydrogen (secondary N) is 1. The van der Waals surface area contributed by atoms with Crippen LogP contribution in [0, 0.1) is 0 Å². The molecule has 0 fully saturated rings. The fourth-order valence-corrected chi connectivity index (χ4v) is 2.31. The van der Waals surface area contributed by atoms with Gasteiger partial charge in [-0.2, -0.15) is 12.7 Å². The molecule has 0 aliphatic rings. The monoisotopic (exact) mass is 304 g/mol. The summed E-state index contributed by atoms with van der Waals surface area (Å²) in [6.07, 6.45) is -0.970. The van der Waals surface area contributed by atoms with Gasteiger partial charge in [-0.15, -0.1) is 0 Å². The van der Waals surface area contributed by atoms with Gasteiger partial charge in [0.1, 0.15) is 0 Å². The molecule has 0 saturated heterocycles. The molecule has 1 rings (SSSR count). The van der Waals surface area contributed by atoms with Crippen LogP contribution in [-0.4, -0.2) is 52.7 Å². The van der Waals surface area contributed by atoms with Crippen LogP contribution in [0.2, 0.25) is 0 Å². The Hall–Kier alpha value is -1.35. The second-order valence-corrected chi connectivity index (χ2v) is 6.10. The normalized spacial score (nSPS) is 13.3. The van der Waals surface area contributed by atoms with Gasteiger partial charge in [0.2, 0.25) is 0 Å². The summed E-state index contributed by atoms with van der Waals surface area (Å²) in [5.74, 6) is 1.02. The SMILES string of the molecule is CNS(=O)(=O)N(C)CC(O)c1ccc(OC)c(OC)c1. The summed E-state index contributed by atoms with van der Waals surface area (Å²) >= 11 is 0. The van der Waals surface area contributed by atoms with Crippen molar-refractivity contribution in [2.24, 2.45) is 0 Å². The maximum atomic E-state index is 11.5. The number of ether oxygens (including phenoxy) is 2. The van der Waals surface area contributed by atoms with E-state index in [0.29, 0.717) is 17.1 Å². The maximum absolute atomic E-state index is 11.5. The van der Waals surface area contributed by atoms with Gasteiger partial charge in [-0.1, -0.05) is 6.07 Å². The Morgan fingerprint density at radius 2 is 1.90 bits per heavy atom. The molecule has 0 bridgehead atoms. The van der Waals surface area contributed by atoms with Gasteiger partial charge in [0, 0.05) is 20.6 Å². The van der Waals surface area contributed by atoms with Gasteiger partial charge in [-0.3, -0.25) is 0 Å². The van der Waals surface area contributed by atoms with Crippen LogP contribution in [0.15, 0.2) is 18.2 Å². The zero-order chi connectivity index (χ0) is 15.3. The molecular weight excluding hydrogens is 284 g/mol. The van der Waals surface area contributed by atoms with Crippen molar-refractivity contribution in [2.45, 2.75) is 6.10 Å². The molecule has 0 radical (unpaired) electrons. The van der Waals surface area contributed by atoms with Crippen LogP contribution in [-0.2, 0) is 10.2 Å². The lowest BCUT2D eigenvalue weighted by Gasteiger charge is -2.20. The van der Waals surface area contributed by atoms with Crippen LogP contribution >= 0.6 is 0 Å². The smallest absolute Gasteiger partial charge is 0.279 e. The van der Waals surface area contributed by atoms with E-state index >= 15 is 0 Å². The predicted octanol–water partition coefficient (Wildman–Crippen LogP) is 0.133. The van der Waals surface area contributed by atoms with Gasteiger partial charge in [-0.25, -0.2) is 4.72 Å². The van der Waals surface area contributed by atoms with Crippen molar-refractivity contribution in [1.82, 2.24) is 9.03 Å². The molecule has 0 aliphatic heterocycles. The third-order valence-corrected chi connectivity index (χ3v) is 4.38. The first kappa shape index (κ1) is 16.7. The molecule has 2 N–H and O–H groups in total. The number of hydrogen-bond donors (Lipinski definition) is 2. The van der Waals surface area contributed by atoms with Crippen LogP contribution in [0.4, 0.5) is 0 Å². The molecular formula is C12H20N2O5S. The van der Waals surface area contributed by atoms with E-state index in [1.165, 1.54) is 28.3 Å². The lowest BCUT2D eigenvalue weighted by molar-refractivity contribution is 0.154. The second-order valence-electron chi connectivity index (χ2n) is 4.12. The highest BCUT2D eigenvalue weighted by atomic mass is 32.2. The Labute approximate surface area is 119 Å². The van der Waals surface area contributed by atoms with E-state index < -0.39 is 16.3 Å². The molecule has 1 unspecified atom stereocenters.